The molecule has 1 aromatic heterocycles. The molecule has 0 radical (unpaired) electrons. The molecular formula is C11H18N4O4. The highest BCUT2D eigenvalue weighted by atomic mass is 16.5. The number of aromatic nitrogens is 3. The lowest BCUT2D eigenvalue weighted by molar-refractivity contribution is -0.157. The maximum absolute atomic E-state index is 11.5. The molecule has 0 bridgehead atoms. The van der Waals surface area contributed by atoms with Gasteiger partial charge in [0.2, 0.25) is 0 Å². The van der Waals surface area contributed by atoms with Crippen molar-refractivity contribution in [2.45, 2.75) is 40.5 Å². The molecule has 0 spiro atoms. The lowest BCUT2D eigenvalue weighted by atomic mass is 9.98. The Morgan fingerprint density at radius 1 is 1.53 bits per heavy atom. The molecule has 0 aliphatic rings. The molecule has 106 valence electrons. The highest BCUT2D eigenvalue weighted by Crippen LogP contribution is 2.15. The van der Waals surface area contributed by atoms with Gasteiger partial charge < -0.3 is 15.2 Å². The van der Waals surface area contributed by atoms with E-state index in [1.165, 1.54) is 17.8 Å². The predicted octanol–water partition coefficient (Wildman–Crippen LogP) is 0.710. The first-order chi connectivity index (χ1) is 8.70. The number of anilines is 1. The zero-order chi connectivity index (χ0) is 14.6. The van der Waals surface area contributed by atoms with E-state index < -0.39 is 17.4 Å². The van der Waals surface area contributed by atoms with Crippen molar-refractivity contribution in [1.29, 1.82) is 0 Å². The van der Waals surface area contributed by atoms with Crippen molar-refractivity contribution in [2.75, 3.05) is 5.32 Å². The Bertz CT molecular complexity index is 464. The molecule has 8 heteroatoms. The van der Waals surface area contributed by atoms with E-state index in [1.54, 1.807) is 20.8 Å². The van der Waals surface area contributed by atoms with Crippen molar-refractivity contribution in [3.8, 4) is 0 Å². The van der Waals surface area contributed by atoms with E-state index >= 15 is 0 Å². The summed E-state index contributed by atoms with van der Waals surface area (Å²) >= 11 is 0. The third-order valence-electron chi connectivity index (χ3n) is 2.21. The first kappa shape index (κ1) is 14.9. The summed E-state index contributed by atoms with van der Waals surface area (Å²) in [5.74, 6) is -1.04. The number of hydrogen-bond acceptors (Lipinski definition) is 6. The highest BCUT2D eigenvalue weighted by Gasteiger charge is 2.23. The molecule has 0 saturated heterocycles. The van der Waals surface area contributed by atoms with Gasteiger partial charge in [-0.25, -0.2) is 4.68 Å². The first-order valence-electron chi connectivity index (χ1n) is 5.77. The summed E-state index contributed by atoms with van der Waals surface area (Å²) in [4.78, 5) is 22.2. The summed E-state index contributed by atoms with van der Waals surface area (Å²) in [5.41, 5.74) is -0.584. The quantitative estimate of drug-likeness (QED) is 0.759. The van der Waals surface area contributed by atoms with Gasteiger partial charge in [-0.15, -0.1) is 5.10 Å². The minimum Gasteiger partial charge on any atom is -0.480 e. The van der Waals surface area contributed by atoms with E-state index in [4.69, 9.17) is 9.84 Å². The number of aliphatic carboxylic acids is 1. The summed E-state index contributed by atoms with van der Waals surface area (Å²) in [6.45, 7) is 6.67. The van der Waals surface area contributed by atoms with Crippen LogP contribution >= 0.6 is 0 Å². The number of ether oxygens (including phenoxy) is 1. The summed E-state index contributed by atoms with van der Waals surface area (Å²) in [7, 11) is 0. The zero-order valence-electron chi connectivity index (χ0n) is 11.4. The van der Waals surface area contributed by atoms with Crippen molar-refractivity contribution in [3.63, 3.8) is 0 Å². The summed E-state index contributed by atoms with van der Waals surface area (Å²) in [5, 5.41) is 18.8. The van der Waals surface area contributed by atoms with Crippen molar-refractivity contribution >= 4 is 17.8 Å². The molecule has 0 saturated carbocycles. The number of hydrogen-bond donors (Lipinski definition) is 2. The van der Waals surface area contributed by atoms with Crippen LogP contribution in [-0.4, -0.2) is 38.1 Å². The lowest BCUT2D eigenvalue weighted by Gasteiger charge is -2.15. The second-order valence-electron chi connectivity index (χ2n) is 5.16. The molecule has 1 heterocycles. The minimum atomic E-state index is -0.992. The van der Waals surface area contributed by atoms with Crippen LogP contribution in [0.5, 0.6) is 0 Å². The van der Waals surface area contributed by atoms with Crippen LogP contribution in [0.1, 0.15) is 27.7 Å². The Kier molecular flexibility index (Phi) is 4.47. The van der Waals surface area contributed by atoms with E-state index in [2.05, 4.69) is 15.6 Å². The van der Waals surface area contributed by atoms with Gasteiger partial charge in [-0.05, 0) is 27.7 Å². The monoisotopic (exact) mass is 270 g/mol. The molecule has 0 aromatic carbocycles. The largest absolute Gasteiger partial charge is 0.480 e. The molecule has 0 aliphatic carbocycles. The van der Waals surface area contributed by atoms with Crippen LogP contribution in [0.4, 0.5) is 5.82 Å². The number of rotatable bonds is 5. The van der Waals surface area contributed by atoms with Gasteiger partial charge in [-0.2, -0.15) is 0 Å². The number of carboxylic acids is 1. The Balaban J connectivity index is 2.52. The molecule has 0 unspecified atom stereocenters. The Hall–Kier alpha value is -2.12. The average molecular weight is 270 g/mol. The highest BCUT2D eigenvalue weighted by molar-refractivity contribution is 5.76. The summed E-state index contributed by atoms with van der Waals surface area (Å²) in [6, 6.07) is -0.776. The predicted molar refractivity (Wildman–Crippen MR) is 66.3 cm³/mol. The standard InChI is InChI=1S/C11H18N4O4/c1-7(9(16)17)12-8-5-15(14-13-8)6-19-10(18)11(2,3)4/h5,7,12H,6H2,1-4H3,(H,16,17)/t7-/m0/s1. The molecule has 8 nitrogen and oxygen atoms in total. The van der Waals surface area contributed by atoms with Gasteiger partial charge in [-0.1, -0.05) is 5.21 Å². The number of carboxylic acid groups (broad SMARTS) is 1. The van der Waals surface area contributed by atoms with Crippen LogP contribution < -0.4 is 5.32 Å². The van der Waals surface area contributed by atoms with Crippen molar-refractivity contribution in [2.24, 2.45) is 5.41 Å². The molecular weight excluding hydrogens is 252 g/mol. The number of carbonyl (C=O) groups is 2. The maximum atomic E-state index is 11.5. The van der Waals surface area contributed by atoms with Crippen LogP contribution in [0.25, 0.3) is 0 Å². The zero-order valence-corrected chi connectivity index (χ0v) is 11.4. The van der Waals surface area contributed by atoms with Gasteiger partial charge in [0.05, 0.1) is 11.6 Å². The lowest BCUT2D eigenvalue weighted by Crippen LogP contribution is -2.25. The molecule has 1 atom stereocenters. The van der Waals surface area contributed by atoms with Crippen molar-refractivity contribution in [1.82, 2.24) is 15.0 Å². The van der Waals surface area contributed by atoms with E-state index in [0.29, 0.717) is 5.82 Å². The SMILES string of the molecule is C[C@H](Nc1cn(COC(=O)C(C)(C)C)nn1)C(=O)O. The number of nitrogens with zero attached hydrogens (tertiary/aromatic N) is 3. The van der Waals surface area contributed by atoms with Gasteiger partial charge in [0, 0.05) is 0 Å². The van der Waals surface area contributed by atoms with Crippen LogP contribution in [0, 0.1) is 5.41 Å². The second kappa shape index (κ2) is 5.68. The third-order valence-corrected chi connectivity index (χ3v) is 2.21. The van der Waals surface area contributed by atoms with Gasteiger partial charge >= 0.3 is 11.9 Å². The first-order valence-corrected chi connectivity index (χ1v) is 5.77. The fraction of sp³-hybridized carbons (Fsp3) is 0.636. The topological polar surface area (TPSA) is 106 Å². The molecule has 2 N–H and O–H groups in total. The summed E-state index contributed by atoms with van der Waals surface area (Å²) in [6.07, 6.45) is 1.47. The van der Waals surface area contributed by atoms with E-state index in [9.17, 15) is 9.59 Å². The van der Waals surface area contributed by atoms with Crippen LogP contribution in [0.2, 0.25) is 0 Å². The number of esters is 1. The van der Waals surface area contributed by atoms with Gasteiger partial charge in [0.1, 0.15) is 6.04 Å². The van der Waals surface area contributed by atoms with Crippen molar-refractivity contribution in [3.05, 3.63) is 6.20 Å². The third kappa shape index (κ3) is 4.57. The molecule has 0 aliphatic heterocycles. The second-order valence-corrected chi connectivity index (χ2v) is 5.16. The molecule has 1 aromatic rings. The smallest absolute Gasteiger partial charge is 0.325 e. The molecule has 0 amide bonds. The van der Waals surface area contributed by atoms with Crippen LogP contribution in [0.3, 0.4) is 0 Å². The average Bonchev–Trinajstić information content (AvgIpc) is 2.72. The van der Waals surface area contributed by atoms with Gasteiger partial charge in [0.25, 0.3) is 0 Å². The number of carbonyl (C=O) groups excluding carboxylic acids is 1. The summed E-state index contributed by atoms with van der Waals surface area (Å²) < 4.78 is 6.34. The van der Waals surface area contributed by atoms with E-state index in [0.717, 1.165) is 0 Å². The maximum Gasteiger partial charge on any atom is 0.325 e. The van der Waals surface area contributed by atoms with Crippen LogP contribution in [-0.2, 0) is 21.1 Å². The normalized spacial score (nSPS) is 12.8. The number of nitrogens with one attached hydrogen (secondary N) is 1. The minimum absolute atomic E-state index is 0.0633. The molecule has 0 fully saturated rings. The Labute approximate surface area is 110 Å². The van der Waals surface area contributed by atoms with Gasteiger partial charge in [-0.3, -0.25) is 9.59 Å². The fourth-order valence-electron chi connectivity index (χ4n) is 1.05. The van der Waals surface area contributed by atoms with Gasteiger partial charge in [0.15, 0.2) is 12.5 Å². The van der Waals surface area contributed by atoms with Crippen molar-refractivity contribution < 1.29 is 19.4 Å². The van der Waals surface area contributed by atoms with Crippen LogP contribution in [0.15, 0.2) is 6.20 Å². The molecule has 1 rings (SSSR count). The molecule has 19 heavy (non-hydrogen) atoms. The fourth-order valence-corrected chi connectivity index (χ4v) is 1.05. The van der Waals surface area contributed by atoms with E-state index in [-0.39, 0.29) is 12.7 Å². The van der Waals surface area contributed by atoms with E-state index in [1.807, 2.05) is 0 Å². The Morgan fingerprint density at radius 2 is 2.16 bits per heavy atom. The Morgan fingerprint density at radius 3 is 2.68 bits per heavy atom.